The van der Waals surface area contributed by atoms with E-state index in [-0.39, 0.29) is 5.56 Å². The van der Waals surface area contributed by atoms with Gasteiger partial charge in [-0.1, -0.05) is 11.6 Å². The van der Waals surface area contributed by atoms with Gasteiger partial charge in [0.1, 0.15) is 0 Å². The molecule has 0 aromatic carbocycles. The fourth-order valence-electron chi connectivity index (χ4n) is 1.39. The Hall–Kier alpha value is -1.81. The molecule has 0 bridgehead atoms. The molecule has 0 saturated carbocycles. The van der Waals surface area contributed by atoms with Crippen LogP contribution in [-0.2, 0) is 6.54 Å². The van der Waals surface area contributed by atoms with E-state index in [1.807, 2.05) is 6.07 Å². The minimum absolute atomic E-state index is 0.269. The van der Waals surface area contributed by atoms with Gasteiger partial charge in [-0.05, 0) is 17.7 Å². The number of carboxylic acid groups (broad SMARTS) is 1. The van der Waals surface area contributed by atoms with Crippen molar-refractivity contribution in [1.82, 2.24) is 9.55 Å². The summed E-state index contributed by atoms with van der Waals surface area (Å²) < 4.78 is 1.77. The van der Waals surface area contributed by atoms with Crippen molar-refractivity contribution in [3.8, 4) is 0 Å². The quantitative estimate of drug-likeness (QED) is 0.890. The van der Waals surface area contributed by atoms with E-state index in [2.05, 4.69) is 4.98 Å². The Balaban J connectivity index is 2.21. The number of pyridine rings is 1. The molecular weight excluding hydrogens is 228 g/mol. The van der Waals surface area contributed by atoms with Gasteiger partial charge in [0.2, 0.25) is 0 Å². The monoisotopic (exact) mass is 236 g/mol. The lowest BCUT2D eigenvalue weighted by Crippen LogP contribution is -1.99. The highest BCUT2D eigenvalue weighted by molar-refractivity contribution is 6.31. The molecule has 0 aliphatic carbocycles. The van der Waals surface area contributed by atoms with Crippen molar-refractivity contribution in [3.05, 3.63) is 53.1 Å². The Kier molecular flexibility index (Phi) is 2.92. The minimum atomic E-state index is -0.931. The Morgan fingerprint density at radius 3 is 2.94 bits per heavy atom. The van der Waals surface area contributed by atoms with Crippen molar-refractivity contribution >= 4 is 17.6 Å². The largest absolute Gasteiger partial charge is 0.478 e. The average Bonchev–Trinajstić information content (AvgIpc) is 2.70. The molecule has 1 N–H and O–H groups in total. The highest BCUT2D eigenvalue weighted by Crippen LogP contribution is 2.15. The summed E-state index contributed by atoms with van der Waals surface area (Å²) in [7, 11) is 0. The van der Waals surface area contributed by atoms with Crippen molar-refractivity contribution < 1.29 is 9.90 Å². The maximum Gasteiger partial charge on any atom is 0.337 e. The summed E-state index contributed by atoms with van der Waals surface area (Å²) in [6.45, 7) is 0.536. The smallest absolute Gasteiger partial charge is 0.337 e. The van der Waals surface area contributed by atoms with E-state index < -0.39 is 5.97 Å². The van der Waals surface area contributed by atoms with E-state index in [0.29, 0.717) is 11.6 Å². The minimum Gasteiger partial charge on any atom is -0.478 e. The second-order valence-electron chi connectivity index (χ2n) is 3.34. The van der Waals surface area contributed by atoms with Crippen LogP contribution < -0.4 is 0 Å². The first-order valence-electron chi connectivity index (χ1n) is 4.64. The van der Waals surface area contributed by atoms with Gasteiger partial charge in [0.25, 0.3) is 0 Å². The summed E-state index contributed by atoms with van der Waals surface area (Å²) in [6.07, 6.45) is 6.50. The number of nitrogens with zero attached hydrogens (tertiary/aromatic N) is 2. The number of carbonyl (C=O) groups is 1. The fourth-order valence-corrected chi connectivity index (χ4v) is 1.57. The molecule has 0 aliphatic rings. The predicted octanol–water partition coefficient (Wildman–Crippen LogP) is 2.28. The molecule has 2 rings (SSSR count). The average molecular weight is 237 g/mol. The zero-order valence-corrected chi connectivity index (χ0v) is 9.05. The van der Waals surface area contributed by atoms with Crippen LogP contribution in [0, 0.1) is 0 Å². The Bertz CT molecular complexity index is 522. The van der Waals surface area contributed by atoms with Crippen LogP contribution in [-0.4, -0.2) is 20.6 Å². The number of hydrogen-bond acceptors (Lipinski definition) is 2. The van der Waals surface area contributed by atoms with E-state index in [1.54, 1.807) is 35.4 Å². The molecule has 0 unspecified atom stereocenters. The van der Waals surface area contributed by atoms with Crippen LogP contribution in [0.5, 0.6) is 0 Å². The highest BCUT2D eigenvalue weighted by atomic mass is 35.5. The van der Waals surface area contributed by atoms with E-state index >= 15 is 0 Å². The molecule has 0 spiro atoms. The summed E-state index contributed by atoms with van der Waals surface area (Å²) in [5.41, 5.74) is 1.18. The third-order valence-corrected chi connectivity index (χ3v) is 2.55. The molecule has 82 valence electrons. The normalized spacial score (nSPS) is 10.3. The Morgan fingerprint density at radius 2 is 2.31 bits per heavy atom. The first-order chi connectivity index (χ1) is 7.66. The number of halogens is 1. The van der Waals surface area contributed by atoms with Crippen LogP contribution in [0.2, 0.25) is 5.02 Å². The first-order valence-corrected chi connectivity index (χ1v) is 5.02. The second-order valence-corrected chi connectivity index (χ2v) is 3.75. The van der Waals surface area contributed by atoms with Gasteiger partial charge in [-0.3, -0.25) is 4.98 Å². The zero-order valence-electron chi connectivity index (χ0n) is 8.30. The van der Waals surface area contributed by atoms with Gasteiger partial charge >= 0.3 is 5.97 Å². The SMILES string of the molecule is O=C(O)c1ccn(Cc2ccncc2Cl)c1. The summed E-state index contributed by atoms with van der Waals surface area (Å²) in [6, 6.07) is 3.36. The number of rotatable bonds is 3. The van der Waals surface area contributed by atoms with Gasteiger partial charge in [-0.2, -0.15) is 0 Å². The van der Waals surface area contributed by atoms with Crippen molar-refractivity contribution in [1.29, 1.82) is 0 Å². The van der Waals surface area contributed by atoms with Crippen LogP contribution in [0.25, 0.3) is 0 Å². The molecule has 2 aromatic rings. The fraction of sp³-hybridized carbons (Fsp3) is 0.0909. The van der Waals surface area contributed by atoms with Gasteiger partial charge < -0.3 is 9.67 Å². The molecule has 0 amide bonds. The molecule has 16 heavy (non-hydrogen) atoms. The van der Waals surface area contributed by atoms with Crippen molar-refractivity contribution in [2.75, 3.05) is 0 Å². The number of carboxylic acids is 1. The van der Waals surface area contributed by atoms with Crippen LogP contribution >= 0.6 is 11.6 Å². The number of hydrogen-bond donors (Lipinski definition) is 1. The molecule has 2 aromatic heterocycles. The topological polar surface area (TPSA) is 55.1 Å². The lowest BCUT2D eigenvalue weighted by molar-refractivity contribution is 0.0697. The summed E-state index contributed by atoms with van der Waals surface area (Å²) in [5.74, 6) is -0.931. The third kappa shape index (κ3) is 2.23. The summed E-state index contributed by atoms with van der Waals surface area (Å²) in [4.78, 5) is 14.6. The first kappa shape index (κ1) is 10.7. The van der Waals surface area contributed by atoms with Gasteiger partial charge in [0.15, 0.2) is 0 Å². The Morgan fingerprint density at radius 1 is 1.50 bits per heavy atom. The van der Waals surface area contributed by atoms with E-state index in [4.69, 9.17) is 16.7 Å². The maximum atomic E-state index is 10.7. The number of aromatic nitrogens is 2. The molecule has 0 radical (unpaired) electrons. The molecule has 0 fully saturated rings. The molecule has 4 nitrogen and oxygen atoms in total. The predicted molar refractivity (Wildman–Crippen MR) is 59.7 cm³/mol. The van der Waals surface area contributed by atoms with Crippen LogP contribution in [0.1, 0.15) is 15.9 Å². The maximum absolute atomic E-state index is 10.7. The van der Waals surface area contributed by atoms with E-state index in [9.17, 15) is 4.79 Å². The molecule has 0 atom stereocenters. The Labute approximate surface area is 97.1 Å². The molecule has 0 saturated heterocycles. The van der Waals surface area contributed by atoms with Gasteiger partial charge in [0.05, 0.1) is 10.6 Å². The molecule has 0 aliphatic heterocycles. The van der Waals surface area contributed by atoms with E-state index in [0.717, 1.165) is 5.56 Å². The van der Waals surface area contributed by atoms with Crippen molar-refractivity contribution in [2.24, 2.45) is 0 Å². The standard InChI is InChI=1S/C11H9ClN2O2/c12-10-5-13-3-1-8(10)6-14-4-2-9(7-14)11(15)16/h1-5,7H,6H2,(H,15,16). The molecule has 2 heterocycles. The lowest BCUT2D eigenvalue weighted by Gasteiger charge is -2.04. The van der Waals surface area contributed by atoms with Gasteiger partial charge in [0, 0.05) is 31.3 Å². The second kappa shape index (κ2) is 4.37. The zero-order chi connectivity index (χ0) is 11.5. The third-order valence-electron chi connectivity index (χ3n) is 2.21. The van der Waals surface area contributed by atoms with E-state index in [1.165, 1.54) is 0 Å². The lowest BCUT2D eigenvalue weighted by atomic mass is 10.2. The van der Waals surface area contributed by atoms with Gasteiger partial charge in [-0.15, -0.1) is 0 Å². The van der Waals surface area contributed by atoms with Crippen LogP contribution in [0.4, 0.5) is 0 Å². The summed E-state index contributed by atoms with van der Waals surface area (Å²) in [5, 5.41) is 9.35. The summed E-state index contributed by atoms with van der Waals surface area (Å²) >= 11 is 5.95. The van der Waals surface area contributed by atoms with Crippen LogP contribution in [0.15, 0.2) is 36.9 Å². The highest BCUT2D eigenvalue weighted by Gasteiger charge is 2.05. The van der Waals surface area contributed by atoms with Crippen LogP contribution in [0.3, 0.4) is 0 Å². The van der Waals surface area contributed by atoms with Gasteiger partial charge in [-0.25, -0.2) is 4.79 Å². The van der Waals surface area contributed by atoms with Crippen molar-refractivity contribution in [2.45, 2.75) is 6.54 Å². The van der Waals surface area contributed by atoms with Crippen molar-refractivity contribution in [3.63, 3.8) is 0 Å². The molecular formula is C11H9ClN2O2. The molecule has 5 heteroatoms. The number of aromatic carboxylic acids is 1.